The van der Waals surface area contributed by atoms with Gasteiger partial charge in [0.05, 0.1) is 11.8 Å². The second-order valence-electron chi connectivity index (χ2n) is 3.90. The lowest BCUT2D eigenvalue weighted by Crippen LogP contribution is -2.22. The molecular weight excluding hydrogens is 190 g/mol. The summed E-state index contributed by atoms with van der Waals surface area (Å²) in [5.74, 6) is 0. The molecule has 1 rings (SSSR count). The fourth-order valence-corrected chi connectivity index (χ4v) is 1.85. The first-order valence-corrected chi connectivity index (χ1v) is 5.51. The van der Waals surface area contributed by atoms with E-state index in [4.69, 9.17) is 5.73 Å². The molecule has 15 heavy (non-hydrogen) atoms. The topological polar surface area (TPSA) is 64.1 Å². The van der Waals surface area contributed by atoms with Crippen molar-refractivity contribution in [1.29, 1.82) is 0 Å². The van der Waals surface area contributed by atoms with Gasteiger partial charge in [0, 0.05) is 18.8 Å². The highest BCUT2D eigenvalue weighted by Gasteiger charge is 2.10. The van der Waals surface area contributed by atoms with Crippen LogP contribution in [0.25, 0.3) is 0 Å². The average Bonchev–Trinajstić information content (AvgIpc) is 2.50. The van der Waals surface area contributed by atoms with E-state index in [0.29, 0.717) is 13.0 Å². The van der Waals surface area contributed by atoms with E-state index in [2.05, 4.69) is 18.9 Å². The molecule has 0 fully saturated rings. The Morgan fingerprint density at radius 3 is 2.60 bits per heavy atom. The van der Waals surface area contributed by atoms with Crippen molar-refractivity contribution in [3.8, 4) is 0 Å². The Balaban J connectivity index is 2.70. The van der Waals surface area contributed by atoms with Gasteiger partial charge < -0.3 is 10.8 Å². The van der Waals surface area contributed by atoms with Crippen molar-refractivity contribution in [2.45, 2.75) is 46.3 Å². The van der Waals surface area contributed by atoms with E-state index >= 15 is 0 Å². The fourth-order valence-electron chi connectivity index (χ4n) is 1.85. The van der Waals surface area contributed by atoms with Gasteiger partial charge in [-0.15, -0.1) is 0 Å². The van der Waals surface area contributed by atoms with E-state index in [0.717, 1.165) is 18.7 Å². The van der Waals surface area contributed by atoms with Gasteiger partial charge in [-0.05, 0) is 32.3 Å². The number of hydrogen-bond donors (Lipinski definition) is 2. The molecule has 0 saturated carbocycles. The molecular formula is C11H21N3O. The highest BCUT2D eigenvalue weighted by molar-refractivity contribution is 5.24. The van der Waals surface area contributed by atoms with Crippen molar-refractivity contribution < 1.29 is 5.11 Å². The lowest BCUT2D eigenvalue weighted by Gasteiger charge is -2.08. The molecule has 1 aromatic heterocycles. The van der Waals surface area contributed by atoms with Gasteiger partial charge in [-0.3, -0.25) is 4.68 Å². The maximum Gasteiger partial charge on any atom is 0.0680 e. The summed E-state index contributed by atoms with van der Waals surface area (Å²) < 4.78 is 1.97. The van der Waals surface area contributed by atoms with Crippen LogP contribution < -0.4 is 5.73 Å². The molecule has 1 heterocycles. The van der Waals surface area contributed by atoms with Crippen LogP contribution >= 0.6 is 0 Å². The number of aliphatic hydroxyl groups is 1. The first-order valence-electron chi connectivity index (χ1n) is 5.51. The fraction of sp³-hybridized carbons (Fsp3) is 0.727. The summed E-state index contributed by atoms with van der Waals surface area (Å²) in [6.07, 6.45) is 1.26. The zero-order valence-corrected chi connectivity index (χ0v) is 9.82. The number of nitrogens with zero attached hydrogens (tertiary/aromatic N) is 2. The molecule has 0 amide bonds. The minimum Gasteiger partial charge on any atom is -0.392 e. The molecule has 0 aliphatic rings. The third kappa shape index (κ3) is 2.79. The highest BCUT2D eigenvalue weighted by atomic mass is 16.3. The van der Waals surface area contributed by atoms with Gasteiger partial charge in [0.2, 0.25) is 0 Å². The molecule has 0 bridgehead atoms. The summed E-state index contributed by atoms with van der Waals surface area (Å²) in [4.78, 5) is 0. The molecule has 4 heteroatoms. The van der Waals surface area contributed by atoms with Crippen LogP contribution in [0.2, 0.25) is 0 Å². The molecule has 0 aromatic carbocycles. The monoisotopic (exact) mass is 211 g/mol. The minimum atomic E-state index is -0.418. The van der Waals surface area contributed by atoms with E-state index in [1.54, 1.807) is 0 Å². The summed E-state index contributed by atoms with van der Waals surface area (Å²) in [5.41, 5.74) is 8.98. The molecule has 0 aliphatic heterocycles. The first-order chi connectivity index (χ1) is 7.10. The average molecular weight is 211 g/mol. The lowest BCUT2D eigenvalue weighted by molar-refractivity contribution is 0.164. The quantitative estimate of drug-likeness (QED) is 0.756. The van der Waals surface area contributed by atoms with Crippen molar-refractivity contribution in [2.75, 3.05) is 6.54 Å². The second-order valence-corrected chi connectivity index (χ2v) is 3.90. The van der Waals surface area contributed by atoms with Crippen molar-refractivity contribution in [1.82, 2.24) is 9.78 Å². The Morgan fingerprint density at radius 2 is 2.13 bits per heavy atom. The van der Waals surface area contributed by atoms with Gasteiger partial charge >= 0.3 is 0 Å². The van der Waals surface area contributed by atoms with Crippen LogP contribution in [-0.2, 0) is 13.0 Å². The molecule has 3 N–H and O–H groups in total. The molecule has 0 aliphatic carbocycles. The maximum absolute atomic E-state index is 9.38. The normalized spacial score (nSPS) is 13.1. The number of rotatable bonds is 5. The number of aromatic nitrogens is 2. The zero-order chi connectivity index (χ0) is 11.4. The van der Waals surface area contributed by atoms with Crippen molar-refractivity contribution in [3.63, 3.8) is 0 Å². The van der Waals surface area contributed by atoms with Crippen LogP contribution in [0.4, 0.5) is 0 Å². The van der Waals surface area contributed by atoms with E-state index < -0.39 is 6.10 Å². The van der Waals surface area contributed by atoms with E-state index in [-0.39, 0.29) is 0 Å². The Morgan fingerprint density at radius 1 is 1.47 bits per heavy atom. The molecule has 1 aromatic rings. The van der Waals surface area contributed by atoms with Crippen LogP contribution in [0.5, 0.6) is 0 Å². The summed E-state index contributed by atoms with van der Waals surface area (Å²) in [6, 6.07) is 0. The Hall–Kier alpha value is -0.870. The summed E-state index contributed by atoms with van der Waals surface area (Å²) in [5, 5.41) is 13.8. The number of hydrogen-bond acceptors (Lipinski definition) is 3. The lowest BCUT2D eigenvalue weighted by atomic mass is 10.1. The first kappa shape index (κ1) is 12.2. The van der Waals surface area contributed by atoms with Gasteiger partial charge in [0.1, 0.15) is 0 Å². The van der Waals surface area contributed by atoms with E-state index in [1.165, 1.54) is 11.3 Å². The molecule has 0 spiro atoms. The molecule has 0 saturated heterocycles. The minimum absolute atomic E-state index is 0.319. The SMILES string of the molecule is CCc1c(C)nn(CCC(O)CN)c1C. The Bertz CT molecular complexity index is 320. The van der Waals surface area contributed by atoms with Gasteiger partial charge in [0.25, 0.3) is 0 Å². The van der Waals surface area contributed by atoms with Crippen molar-refractivity contribution in [3.05, 3.63) is 17.0 Å². The third-order valence-corrected chi connectivity index (χ3v) is 2.83. The standard InChI is InChI=1S/C11H21N3O/c1-4-11-8(2)13-14(9(11)3)6-5-10(15)7-12/h10,15H,4-7,12H2,1-3H3. The van der Waals surface area contributed by atoms with Gasteiger partial charge in [-0.1, -0.05) is 6.92 Å². The van der Waals surface area contributed by atoms with Crippen LogP contribution in [-0.4, -0.2) is 27.5 Å². The van der Waals surface area contributed by atoms with E-state index in [1.807, 2.05) is 11.6 Å². The summed E-state index contributed by atoms with van der Waals surface area (Å²) >= 11 is 0. The number of aliphatic hydroxyl groups excluding tert-OH is 1. The molecule has 0 radical (unpaired) electrons. The van der Waals surface area contributed by atoms with E-state index in [9.17, 15) is 5.11 Å². The van der Waals surface area contributed by atoms with Crippen LogP contribution in [0.15, 0.2) is 0 Å². The summed E-state index contributed by atoms with van der Waals surface area (Å²) in [7, 11) is 0. The van der Waals surface area contributed by atoms with Crippen LogP contribution in [0.1, 0.15) is 30.3 Å². The third-order valence-electron chi connectivity index (χ3n) is 2.83. The van der Waals surface area contributed by atoms with Crippen LogP contribution in [0, 0.1) is 13.8 Å². The Kier molecular flexibility index (Phi) is 4.29. The Labute approximate surface area is 91.1 Å². The molecule has 86 valence electrons. The zero-order valence-electron chi connectivity index (χ0n) is 9.82. The maximum atomic E-state index is 9.38. The molecule has 1 atom stereocenters. The predicted octanol–water partition coefficient (Wildman–Crippen LogP) is 0.772. The number of aryl methyl sites for hydroxylation is 2. The molecule has 1 unspecified atom stereocenters. The number of nitrogens with two attached hydrogens (primary N) is 1. The van der Waals surface area contributed by atoms with Gasteiger partial charge in [-0.2, -0.15) is 5.10 Å². The van der Waals surface area contributed by atoms with Crippen molar-refractivity contribution >= 4 is 0 Å². The van der Waals surface area contributed by atoms with Gasteiger partial charge in [-0.25, -0.2) is 0 Å². The second kappa shape index (κ2) is 5.28. The molecule has 4 nitrogen and oxygen atoms in total. The smallest absolute Gasteiger partial charge is 0.0680 e. The van der Waals surface area contributed by atoms with Crippen LogP contribution in [0.3, 0.4) is 0 Å². The summed E-state index contributed by atoms with van der Waals surface area (Å²) in [6.45, 7) is 7.30. The van der Waals surface area contributed by atoms with Gasteiger partial charge in [0.15, 0.2) is 0 Å². The van der Waals surface area contributed by atoms with Crippen molar-refractivity contribution in [2.24, 2.45) is 5.73 Å². The largest absolute Gasteiger partial charge is 0.392 e. The highest BCUT2D eigenvalue weighted by Crippen LogP contribution is 2.13. The predicted molar refractivity (Wildman–Crippen MR) is 60.8 cm³/mol.